The Morgan fingerprint density at radius 1 is 0.897 bits per heavy atom. The van der Waals surface area contributed by atoms with Crippen molar-refractivity contribution < 1.29 is 8.42 Å². The van der Waals surface area contributed by atoms with Crippen molar-refractivity contribution in [2.24, 2.45) is 0 Å². The highest BCUT2D eigenvalue weighted by Gasteiger charge is 2.29. The van der Waals surface area contributed by atoms with Gasteiger partial charge < -0.3 is 4.90 Å². The van der Waals surface area contributed by atoms with Crippen LogP contribution in [-0.2, 0) is 10.0 Å². The lowest BCUT2D eigenvalue weighted by atomic mass is 10.2. The van der Waals surface area contributed by atoms with E-state index in [1.165, 1.54) is 6.33 Å². The van der Waals surface area contributed by atoms with E-state index in [1.54, 1.807) is 27.2 Å². The number of sulfonamides is 1. The van der Waals surface area contributed by atoms with Crippen LogP contribution in [0.1, 0.15) is 17.0 Å². The minimum atomic E-state index is -3.48. The number of hydrogen-bond donors (Lipinski definition) is 0. The van der Waals surface area contributed by atoms with Gasteiger partial charge in [-0.1, -0.05) is 12.1 Å². The molecular weight excluding hydrogens is 388 g/mol. The molecule has 1 aromatic carbocycles. The summed E-state index contributed by atoms with van der Waals surface area (Å²) in [5.74, 6) is 1.48. The van der Waals surface area contributed by atoms with E-state index in [4.69, 9.17) is 0 Å². The molecule has 1 aliphatic heterocycles. The number of nitrogens with zero attached hydrogens (tertiary/aromatic N) is 6. The zero-order valence-corrected chi connectivity index (χ0v) is 17.6. The van der Waals surface area contributed by atoms with Gasteiger partial charge in [0.1, 0.15) is 12.1 Å². The monoisotopic (exact) mass is 412 g/mol. The van der Waals surface area contributed by atoms with Gasteiger partial charge >= 0.3 is 0 Å². The minimum Gasteiger partial charge on any atom is -0.354 e. The zero-order chi connectivity index (χ0) is 20.6. The molecule has 0 aliphatic carbocycles. The molecule has 0 N–H and O–H groups in total. The average Bonchev–Trinajstić information content (AvgIpc) is 3.06. The highest BCUT2D eigenvalue weighted by molar-refractivity contribution is 7.89. The summed E-state index contributed by atoms with van der Waals surface area (Å²) in [4.78, 5) is 11.2. The highest BCUT2D eigenvalue weighted by Crippen LogP contribution is 2.22. The second-order valence-corrected chi connectivity index (χ2v) is 9.22. The first-order valence-electron chi connectivity index (χ1n) is 9.52. The van der Waals surface area contributed by atoms with Crippen LogP contribution in [0, 0.1) is 20.8 Å². The van der Waals surface area contributed by atoms with E-state index in [0.29, 0.717) is 36.9 Å². The Kier molecular flexibility index (Phi) is 5.10. The predicted octanol–water partition coefficient (Wildman–Crippen LogP) is 2.10. The molecule has 0 spiro atoms. The fourth-order valence-electron chi connectivity index (χ4n) is 3.57. The SMILES string of the molecule is Cc1cccc(S(=O)(=O)N2CCN(c3cc(-n4nc(C)cc4C)ncn3)CC2)c1. The summed E-state index contributed by atoms with van der Waals surface area (Å²) in [5, 5.41) is 4.47. The van der Waals surface area contributed by atoms with E-state index >= 15 is 0 Å². The number of piperazine rings is 1. The van der Waals surface area contributed by atoms with Gasteiger partial charge in [-0.3, -0.25) is 0 Å². The molecule has 3 aromatic rings. The molecular formula is C20H24N6O2S. The fourth-order valence-corrected chi connectivity index (χ4v) is 5.10. The van der Waals surface area contributed by atoms with E-state index in [1.807, 2.05) is 39.0 Å². The summed E-state index contributed by atoms with van der Waals surface area (Å²) >= 11 is 0. The molecule has 152 valence electrons. The first-order valence-corrected chi connectivity index (χ1v) is 11.0. The molecule has 9 heteroatoms. The summed E-state index contributed by atoms with van der Waals surface area (Å²) < 4.78 is 29.2. The molecule has 8 nitrogen and oxygen atoms in total. The molecule has 29 heavy (non-hydrogen) atoms. The third-order valence-electron chi connectivity index (χ3n) is 5.05. The van der Waals surface area contributed by atoms with Crippen molar-refractivity contribution >= 4 is 15.8 Å². The van der Waals surface area contributed by atoms with Gasteiger partial charge in [-0.15, -0.1) is 0 Å². The smallest absolute Gasteiger partial charge is 0.243 e. The Balaban J connectivity index is 1.50. The van der Waals surface area contributed by atoms with Crippen molar-refractivity contribution in [3.63, 3.8) is 0 Å². The molecule has 0 amide bonds. The number of aryl methyl sites for hydroxylation is 3. The van der Waals surface area contributed by atoms with E-state index < -0.39 is 10.0 Å². The maximum Gasteiger partial charge on any atom is 0.243 e. The normalized spacial score (nSPS) is 15.6. The summed E-state index contributed by atoms with van der Waals surface area (Å²) in [6.07, 6.45) is 1.52. The number of aromatic nitrogens is 4. The van der Waals surface area contributed by atoms with Gasteiger partial charge in [-0.2, -0.15) is 9.40 Å². The molecule has 0 bridgehead atoms. The molecule has 1 fully saturated rings. The van der Waals surface area contributed by atoms with Gasteiger partial charge in [0.25, 0.3) is 0 Å². The van der Waals surface area contributed by atoms with Crippen LogP contribution in [-0.4, -0.2) is 58.7 Å². The first kappa shape index (κ1) is 19.5. The molecule has 0 atom stereocenters. The summed E-state index contributed by atoms with van der Waals surface area (Å²) in [6.45, 7) is 7.78. The van der Waals surface area contributed by atoms with Gasteiger partial charge in [0.05, 0.1) is 10.6 Å². The molecule has 0 radical (unpaired) electrons. The highest BCUT2D eigenvalue weighted by atomic mass is 32.2. The van der Waals surface area contributed by atoms with Crippen molar-refractivity contribution in [2.75, 3.05) is 31.1 Å². The molecule has 0 unspecified atom stereocenters. The minimum absolute atomic E-state index is 0.347. The Labute approximate surface area is 170 Å². The molecule has 3 heterocycles. The van der Waals surface area contributed by atoms with E-state index in [9.17, 15) is 8.42 Å². The van der Waals surface area contributed by atoms with Crippen LogP contribution >= 0.6 is 0 Å². The molecule has 4 rings (SSSR count). The van der Waals surface area contributed by atoms with Crippen LogP contribution in [0.2, 0.25) is 0 Å². The Hall–Kier alpha value is -2.78. The summed E-state index contributed by atoms with van der Waals surface area (Å²) in [5.41, 5.74) is 2.86. The van der Waals surface area contributed by atoms with Crippen LogP contribution < -0.4 is 4.90 Å². The number of rotatable bonds is 4. The van der Waals surface area contributed by atoms with Gasteiger partial charge in [-0.05, 0) is 44.5 Å². The van der Waals surface area contributed by atoms with Crippen molar-refractivity contribution in [1.29, 1.82) is 0 Å². The third-order valence-corrected chi connectivity index (χ3v) is 6.95. The van der Waals surface area contributed by atoms with E-state index in [0.717, 1.165) is 22.8 Å². The molecule has 1 aliphatic rings. The quantitative estimate of drug-likeness (QED) is 0.653. The van der Waals surface area contributed by atoms with Crippen LogP contribution in [0.3, 0.4) is 0 Å². The van der Waals surface area contributed by atoms with Crippen LogP contribution in [0.25, 0.3) is 5.82 Å². The van der Waals surface area contributed by atoms with Gasteiger partial charge in [-0.25, -0.2) is 23.1 Å². The van der Waals surface area contributed by atoms with Gasteiger partial charge in [0.15, 0.2) is 5.82 Å². The predicted molar refractivity (Wildman–Crippen MR) is 111 cm³/mol. The lowest BCUT2D eigenvalue weighted by Gasteiger charge is -2.34. The van der Waals surface area contributed by atoms with Crippen molar-refractivity contribution in [2.45, 2.75) is 25.7 Å². The van der Waals surface area contributed by atoms with Crippen molar-refractivity contribution in [3.8, 4) is 5.82 Å². The van der Waals surface area contributed by atoms with E-state index in [-0.39, 0.29) is 0 Å². The zero-order valence-electron chi connectivity index (χ0n) is 16.8. The van der Waals surface area contributed by atoms with Crippen LogP contribution in [0.4, 0.5) is 5.82 Å². The van der Waals surface area contributed by atoms with E-state index in [2.05, 4.69) is 20.0 Å². The standard InChI is InChI=1S/C20H24N6O2S/c1-15-5-4-6-18(11-15)29(27,28)25-9-7-24(8-10-25)19-13-20(22-14-21-19)26-17(3)12-16(2)23-26/h4-6,11-14H,7-10H2,1-3H3. The topological polar surface area (TPSA) is 84.2 Å². The summed E-state index contributed by atoms with van der Waals surface area (Å²) in [6, 6.07) is 10.9. The first-order chi connectivity index (χ1) is 13.8. The fraction of sp³-hybridized carbons (Fsp3) is 0.350. The maximum atomic E-state index is 12.9. The maximum absolute atomic E-state index is 12.9. The lowest BCUT2D eigenvalue weighted by Crippen LogP contribution is -2.49. The average molecular weight is 413 g/mol. The summed E-state index contributed by atoms with van der Waals surface area (Å²) in [7, 11) is -3.48. The van der Waals surface area contributed by atoms with Crippen LogP contribution in [0.5, 0.6) is 0 Å². The second-order valence-electron chi connectivity index (χ2n) is 7.28. The molecule has 1 saturated heterocycles. The number of anilines is 1. The van der Waals surface area contributed by atoms with Crippen molar-refractivity contribution in [3.05, 3.63) is 59.7 Å². The lowest BCUT2D eigenvalue weighted by molar-refractivity contribution is 0.383. The molecule has 0 saturated carbocycles. The Morgan fingerprint density at radius 3 is 2.28 bits per heavy atom. The number of hydrogen-bond acceptors (Lipinski definition) is 6. The molecule has 2 aromatic heterocycles. The van der Waals surface area contributed by atoms with Gasteiger partial charge in [0, 0.05) is 37.9 Å². The third kappa shape index (κ3) is 3.88. The number of benzene rings is 1. The second kappa shape index (κ2) is 7.57. The Morgan fingerprint density at radius 2 is 1.62 bits per heavy atom. The Bertz CT molecular complexity index is 1130. The van der Waals surface area contributed by atoms with Gasteiger partial charge in [0.2, 0.25) is 10.0 Å². The van der Waals surface area contributed by atoms with Crippen LogP contribution in [0.15, 0.2) is 47.6 Å². The largest absolute Gasteiger partial charge is 0.354 e. The van der Waals surface area contributed by atoms with Crippen molar-refractivity contribution in [1.82, 2.24) is 24.1 Å².